The predicted molar refractivity (Wildman–Crippen MR) is 106 cm³/mol. The van der Waals surface area contributed by atoms with E-state index in [9.17, 15) is 18.5 Å². The molecule has 1 N–H and O–H groups in total. The largest absolute Gasteiger partial charge is 0.313 e. The number of hydrogen-bond donors (Lipinski definition) is 1. The molecule has 1 aliphatic rings. The van der Waals surface area contributed by atoms with Crippen LogP contribution in [-0.2, 0) is 10.0 Å². The Morgan fingerprint density at radius 3 is 2.63 bits per heavy atom. The van der Waals surface area contributed by atoms with Gasteiger partial charge in [-0.2, -0.15) is 4.31 Å². The number of nitro groups is 1. The SMILES string of the molecule is Cc1cccc([N+](=O)[O-])c1S(=O)(=O)N1CCNCC1c1cccc(Cl)c1.Cl. The molecule has 1 aliphatic heterocycles. The highest BCUT2D eigenvalue weighted by Crippen LogP contribution is 2.35. The van der Waals surface area contributed by atoms with Crippen LogP contribution in [0.3, 0.4) is 0 Å². The molecule has 7 nitrogen and oxygen atoms in total. The van der Waals surface area contributed by atoms with Gasteiger partial charge in [-0.1, -0.05) is 35.9 Å². The number of benzene rings is 2. The molecule has 0 aliphatic carbocycles. The number of rotatable bonds is 4. The van der Waals surface area contributed by atoms with E-state index in [-0.39, 0.29) is 23.8 Å². The minimum atomic E-state index is -4.07. The lowest BCUT2D eigenvalue weighted by Gasteiger charge is -2.35. The predicted octanol–water partition coefficient (Wildman–Crippen LogP) is 3.31. The third kappa shape index (κ3) is 4.25. The molecule has 1 atom stereocenters. The second kappa shape index (κ2) is 8.53. The average molecular weight is 432 g/mol. The van der Waals surface area contributed by atoms with Crippen molar-refractivity contribution >= 4 is 39.7 Å². The van der Waals surface area contributed by atoms with Crippen LogP contribution < -0.4 is 5.32 Å². The highest BCUT2D eigenvalue weighted by atomic mass is 35.5. The van der Waals surface area contributed by atoms with Gasteiger partial charge in [-0.05, 0) is 30.2 Å². The fourth-order valence-electron chi connectivity index (χ4n) is 3.20. The summed E-state index contributed by atoms with van der Waals surface area (Å²) in [5, 5.41) is 15.1. The minimum absolute atomic E-state index is 0. The maximum atomic E-state index is 13.4. The maximum Gasteiger partial charge on any atom is 0.289 e. The molecule has 1 heterocycles. The molecule has 1 saturated heterocycles. The summed E-state index contributed by atoms with van der Waals surface area (Å²) >= 11 is 6.06. The molecule has 3 rings (SSSR count). The monoisotopic (exact) mass is 431 g/mol. The lowest BCUT2D eigenvalue weighted by molar-refractivity contribution is -0.387. The third-order valence-electron chi connectivity index (χ3n) is 4.38. The van der Waals surface area contributed by atoms with Crippen LogP contribution in [0.4, 0.5) is 5.69 Å². The Hall–Kier alpha value is -1.71. The van der Waals surface area contributed by atoms with Gasteiger partial charge in [-0.25, -0.2) is 8.42 Å². The van der Waals surface area contributed by atoms with Gasteiger partial charge in [0.1, 0.15) is 0 Å². The second-order valence-electron chi connectivity index (χ2n) is 6.07. The van der Waals surface area contributed by atoms with Gasteiger partial charge in [0, 0.05) is 30.7 Å². The maximum absolute atomic E-state index is 13.4. The Morgan fingerprint density at radius 2 is 1.96 bits per heavy atom. The lowest BCUT2D eigenvalue weighted by atomic mass is 10.1. The minimum Gasteiger partial charge on any atom is -0.313 e. The van der Waals surface area contributed by atoms with Crippen LogP contribution in [0.25, 0.3) is 0 Å². The Kier molecular flexibility index (Phi) is 6.82. The first-order chi connectivity index (χ1) is 12.3. The van der Waals surface area contributed by atoms with Crippen molar-refractivity contribution in [2.75, 3.05) is 19.6 Å². The van der Waals surface area contributed by atoms with Crippen LogP contribution in [0, 0.1) is 17.0 Å². The first-order valence-electron chi connectivity index (χ1n) is 8.04. The van der Waals surface area contributed by atoms with E-state index in [1.807, 2.05) is 0 Å². The second-order valence-corrected chi connectivity index (χ2v) is 8.33. The summed E-state index contributed by atoms with van der Waals surface area (Å²) in [6.45, 7) is 2.65. The van der Waals surface area contributed by atoms with Crippen LogP contribution in [0.5, 0.6) is 0 Å². The van der Waals surface area contributed by atoms with Gasteiger partial charge in [-0.15, -0.1) is 12.4 Å². The highest BCUT2D eigenvalue weighted by molar-refractivity contribution is 7.89. The van der Waals surface area contributed by atoms with Crippen molar-refractivity contribution in [2.45, 2.75) is 17.9 Å². The van der Waals surface area contributed by atoms with Crippen molar-refractivity contribution in [1.82, 2.24) is 9.62 Å². The van der Waals surface area contributed by atoms with Gasteiger partial charge < -0.3 is 5.32 Å². The molecule has 1 unspecified atom stereocenters. The van der Waals surface area contributed by atoms with Gasteiger partial charge in [-0.3, -0.25) is 10.1 Å². The summed E-state index contributed by atoms with van der Waals surface area (Å²) in [4.78, 5) is 10.5. The molecule has 2 aromatic rings. The highest BCUT2D eigenvalue weighted by Gasteiger charge is 2.39. The smallest absolute Gasteiger partial charge is 0.289 e. The Bertz CT molecular complexity index is 953. The third-order valence-corrected chi connectivity index (χ3v) is 6.72. The normalized spacial score (nSPS) is 17.9. The lowest BCUT2D eigenvalue weighted by Crippen LogP contribution is -2.48. The average Bonchev–Trinajstić information content (AvgIpc) is 2.61. The van der Waals surface area contributed by atoms with E-state index in [4.69, 9.17) is 11.6 Å². The Morgan fingerprint density at radius 1 is 1.26 bits per heavy atom. The van der Waals surface area contributed by atoms with E-state index in [1.165, 1.54) is 16.4 Å². The molecule has 0 spiro atoms. The van der Waals surface area contributed by atoms with E-state index in [0.717, 1.165) is 5.56 Å². The van der Waals surface area contributed by atoms with Gasteiger partial charge >= 0.3 is 0 Å². The number of nitrogens with zero attached hydrogens (tertiary/aromatic N) is 2. The number of nitrogens with one attached hydrogen (secondary N) is 1. The standard InChI is InChI=1S/C17H18ClN3O4S.ClH/c1-12-4-2-7-15(21(22)23)17(12)26(24,25)20-9-8-19-11-16(20)13-5-3-6-14(18)10-13;/h2-7,10,16,19H,8-9,11H2,1H3;1H. The summed E-state index contributed by atoms with van der Waals surface area (Å²) < 4.78 is 28.0. The van der Waals surface area contributed by atoms with Crippen LogP contribution in [0.15, 0.2) is 47.4 Å². The summed E-state index contributed by atoms with van der Waals surface area (Å²) in [6.07, 6.45) is 0. The zero-order valence-corrected chi connectivity index (χ0v) is 16.9. The van der Waals surface area contributed by atoms with Crippen molar-refractivity contribution in [3.05, 3.63) is 68.7 Å². The van der Waals surface area contributed by atoms with Crippen molar-refractivity contribution in [3.8, 4) is 0 Å². The number of sulfonamides is 1. The van der Waals surface area contributed by atoms with Gasteiger partial charge in [0.2, 0.25) is 0 Å². The van der Waals surface area contributed by atoms with Crippen molar-refractivity contribution in [3.63, 3.8) is 0 Å². The fraction of sp³-hybridized carbons (Fsp3) is 0.294. The van der Waals surface area contributed by atoms with Crippen LogP contribution in [0.2, 0.25) is 5.02 Å². The Balaban J connectivity index is 0.00000261. The molecule has 10 heteroatoms. The number of hydrogen-bond acceptors (Lipinski definition) is 5. The summed E-state index contributed by atoms with van der Waals surface area (Å²) in [7, 11) is -4.07. The van der Waals surface area contributed by atoms with E-state index >= 15 is 0 Å². The van der Waals surface area contributed by atoms with Crippen LogP contribution in [-0.4, -0.2) is 37.3 Å². The summed E-state index contributed by atoms with van der Waals surface area (Å²) in [5.41, 5.74) is 0.681. The summed E-state index contributed by atoms with van der Waals surface area (Å²) in [6, 6.07) is 10.8. The zero-order valence-electron chi connectivity index (χ0n) is 14.5. The van der Waals surface area contributed by atoms with Gasteiger partial charge in [0.25, 0.3) is 15.7 Å². The molecule has 27 heavy (non-hydrogen) atoms. The molecule has 0 bridgehead atoms. The molecule has 2 aromatic carbocycles. The molecule has 0 radical (unpaired) electrons. The van der Waals surface area contributed by atoms with E-state index in [1.54, 1.807) is 37.3 Å². The zero-order chi connectivity index (χ0) is 18.9. The van der Waals surface area contributed by atoms with Crippen LogP contribution >= 0.6 is 24.0 Å². The molecule has 0 saturated carbocycles. The first kappa shape index (κ1) is 21.6. The number of piperazine rings is 1. The van der Waals surface area contributed by atoms with E-state index in [0.29, 0.717) is 23.7 Å². The van der Waals surface area contributed by atoms with Gasteiger partial charge in [0.05, 0.1) is 11.0 Å². The molecule has 0 aromatic heterocycles. The van der Waals surface area contributed by atoms with Crippen LogP contribution in [0.1, 0.15) is 17.2 Å². The van der Waals surface area contributed by atoms with Crippen molar-refractivity contribution in [2.24, 2.45) is 0 Å². The molecule has 146 valence electrons. The fourth-order valence-corrected chi connectivity index (χ4v) is 5.38. The quantitative estimate of drug-likeness (QED) is 0.591. The number of halogens is 2. The Labute approximate surface area is 168 Å². The van der Waals surface area contributed by atoms with Crippen molar-refractivity contribution < 1.29 is 13.3 Å². The topological polar surface area (TPSA) is 92.5 Å². The van der Waals surface area contributed by atoms with E-state index < -0.39 is 26.7 Å². The number of aryl methyl sites for hydroxylation is 1. The molecule has 0 amide bonds. The molecular formula is C17H19Cl2N3O4S. The first-order valence-corrected chi connectivity index (χ1v) is 9.86. The molecule has 1 fully saturated rings. The van der Waals surface area contributed by atoms with E-state index in [2.05, 4.69) is 5.32 Å². The van der Waals surface area contributed by atoms with Crippen molar-refractivity contribution in [1.29, 1.82) is 0 Å². The number of nitro benzene ring substituents is 1. The molecular weight excluding hydrogens is 413 g/mol. The summed E-state index contributed by atoms with van der Waals surface area (Å²) in [5.74, 6) is 0. The van der Waals surface area contributed by atoms with Gasteiger partial charge in [0.15, 0.2) is 4.90 Å².